The van der Waals surface area contributed by atoms with Gasteiger partial charge in [0, 0.05) is 6.20 Å². The van der Waals surface area contributed by atoms with Gasteiger partial charge in [0.15, 0.2) is 5.65 Å². The van der Waals surface area contributed by atoms with Crippen LogP contribution in [0.3, 0.4) is 0 Å². The number of hydrogen-bond donors (Lipinski definition) is 2. The van der Waals surface area contributed by atoms with Gasteiger partial charge in [0.05, 0.1) is 6.33 Å². The zero-order chi connectivity index (χ0) is 13.1. The summed E-state index contributed by atoms with van der Waals surface area (Å²) < 4.78 is 0. The molecule has 3 N–H and O–H groups in total. The largest absolute Gasteiger partial charge is 0.341 e. The standard InChI is InChI=1S/C12H12N6S/c13-4-3-8-2-1-5-14-11(8)19-12-9-10(16-6-15-9)17-7-18-12/h1-2,5-7H,3-4,13H2,(H,15,16,17,18). The Kier molecular flexibility index (Phi) is 3.39. The summed E-state index contributed by atoms with van der Waals surface area (Å²) in [5.74, 6) is 0. The van der Waals surface area contributed by atoms with Crippen molar-refractivity contribution in [3.63, 3.8) is 0 Å². The molecule has 6 nitrogen and oxygen atoms in total. The van der Waals surface area contributed by atoms with Crippen molar-refractivity contribution in [3.8, 4) is 0 Å². The summed E-state index contributed by atoms with van der Waals surface area (Å²) in [4.78, 5) is 19.9. The monoisotopic (exact) mass is 272 g/mol. The Morgan fingerprint density at radius 2 is 2.11 bits per heavy atom. The van der Waals surface area contributed by atoms with E-state index >= 15 is 0 Å². The second kappa shape index (κ2) is 5.33. The fourth-order valence-electron chi connectivity index (χ4n) is 1.77. The van der Waals surface area contributed by atoms with Crippen LogP contribution in [0, 0.1) is 0 Å². The summed E-state index contributed by atoms with van der Waals surface area (Å²) >= 11 is 1.50. The topological polar surface area (TPSA) is 93.4 Å². The maximum Gasteiger partial charge on any atom is 0.181 e. The van der Waals surface area contributed by atoms with Crippen molar-refractivity contribution in [2.24, 2.45) is 5.73 Å². The number of imidazole rings is 1. The Morgan fingerprint density at radius 3 is 3.00 bits per heavy atom. The molecule has 0 saturated heterocycles. The predicted octanol–water partition coefficient (Wildman–Crippen LogP) is 1.40. The second-order valence-electron chi connectivity index (χ2n) is 3.89. The SMILES string of the molecule is NCCc1cccnc1Sc1ncnc2nc[nH]c12. The van der Waals surface area contributed by atoms with Gasteiger partial charge in [-0.1, -0.05) is 6.07 Å². The molecule has 3 rings (SSSR count). The molecule has 0 aromatic carbocycles. The smallest absolute Gasteiger partial charge is 0.181 e. The first-order valence-electron chi connectivity index (χ1n) is 5.84. The molecule has 0 spiro atoms. The van der Waals surface area contributed by atoms with Gasteiger partial charge < -0.3 is 10.7 Å². The van der Waals surface area contributed by atoms with Crippen LogP contribution in [0.1, 0.15) is 5.56 Å². The molecule has 0 atom stereocenters. The highest BCUT2D eigenvalue weighted by atomic mass is 32.2. The van der Waals surface area contributed by atoms with Gasteiger partial charge in [-0.3, -0.25) is 0 Å². The van der Waals surface area contributed by atoms with Crippen molar-refractivity contribution in [1.29, 1.82) is 0 Å². The first kappa shape index (κ1) is 12.1. The van der Waals surface area contributed by atoms with Gasteiger partial charge in [-0.25, -0.2) is 19.9 Å². The lowest BCUT2D eigenvalue weighted by molar-refractivity contribution is 0.910. The molecule has 0 saturated carbocycles. The maximum atomic E-state index is 5.62. The fourth-order valence-corrected chi connectivity index (χ4v) is 2.72. The number of H-pyrrole nitrogens is 1. The van der Waals surface area contributed by atoms with Crippen LogP contribution in [-0.4, -0.2) is 31.5 Å². The van der Waals surface area contributed by atoms with Gasteiger partial charge in [0.25, 0.3) is 0 Å². The molecule has 96 valence electrons. The highest BCUT2D eigenvalue weighted by molar-refractivity contribution is 7.99. The minimum atomic E-state index is 0.600. The van der Waals surface area contributed by atoms with Gasteiger partial charge >= 0.3 is 0 Å². The van der Waals surface area contributed by atoms with Crippen LogP contribution in [0.15, 0.2) is 41.0 Å². The summed E-state index contributed by atoms with van der Waals surface area (Å²) in [5, 5.41) is 1.74. The Bertz CT molecular complexity index is 695. The van der Waals surface area contributed by atoms with E-state index in [0.717, 1.165) is 27.6 Å². The van der Waals surface area contributed by atoms with Crippen molar-refractivity contribution in [1.82, 2.24) is 24.9 Å². The summed E-state index contributed by atoms with van der Waals surface area (Å²) in [6.45, 7) is 0.600. The molecule has 7 heteroatoms. The van der Waals surface area contributed by atoms with Crippen molar-refractivity contribution < 1.29 is 0 Å². The van der Waals surface area contributed by atoms with Gasteiger partial charge in [0.1, 0.15) is 21.9 Å². The number of pyridine rings is 1. The van der Waals surface area contributed by atoms with Crippen molar-refractivity contribution in [3.05, 3.63) is 36.5 Å². The minimum Gasteiger partial charge on any atom is -0.341 e. The van der Waals surface area contributed by atoms with Crippen LogP contribution in [0.2, 0.25) is 0 Å². The number of nitrogens with one attached hydrogen (secondary N) is 1. The Labute approximate surface area is 113 Å². The Hall–Kier alpha value is -1.99. The van der Waals surface area contributed by atoms with Crippen molar-refractivity contribution in [2.75, 3.05) is 6.54 Å². The Balaban J connectivity index is 1.99. The molecule has 0 amide bonds. The number of nitrogens with two attached hydrogens (primary N) is 1. The highest BCUT2D eigenvalue weighted by Gasteiger charge is 2.10. The fraction of sp³-hybridized carbons (Fsp3) is 0.167. The van der Waals surface area contributed by atoms with Crippen LogP contribution < -0.4 is 5.73 Å². The average Bonchev–Trinajstić information content (AvgIpc) is 2.91. The van der Waals surface area contributed by atoms with E-state index in [1.54, 1.807) is 12.5 Å². The maximum absolute atomic E-state index is 5.62. The molecule has 0 aliphatic heterocycles. The molecule has 3 heterocycles. The quantitative estimate of drug-likeness (QED) is 0.697. The molecule has 0 unspecified atom stereocenters. The summed E-state index contributed by atoms with van der Waals surface area (Å²) in [7, 11) is 0. The van der Waals surface area contributed by atoms with E-state index < -0.39 is 0 Å². The molecule has 0 radical (unpaired) electrons. The normalized spacial score (nSPS) is 11.0. The third kappa shape index (κ3) is 2.42. The highest BCUT2D eigenvalue weighted by Crippen LogP contribution is 2.30. The van der Waals surface area contributed by atoms with Gasteiger partial charge in [-0.15, -0.1) is 0 Å². The lowest BCUT2D eigenvalue weighted by Gasteiger charge is -2.06. The molecule has 0 aliphatic carbocycles. The van der Waals surface area contributed by atoms with Crippen LogP contribution in [0.5, 0.6) is 0 Å². The average molecular weight is 272 g/mol. The Morgan fingerprint density at radius 1 is 1.16 bits per heavy atom. The lowest BCUT2D eigenvalue weighted by Crippen LogP contribution is -2.04. The lowest BCUT2D eigenvalue weighted by atomic mass is 10.2. The van der Waals surface area contributed by atoms with E-state index in [1.807, 2.05) is 12.1 Å². The molecule has 3 aromatic heterocycles. The first-order valence-corrected chi connectivity index (χ1v) is 6.66. The summed E-state index contributed by atoms with van der Waals surface area (Å²) in [6, 6.07) is 3.95. The number of rotatable bonds is 4. The second-order valence-corrected chi connectivity index (χ2v) is 4.87. The van der Waals surface area contributed by atoms with Gasteiger partial charge in [-0.2, -0.15) is 0 Å². The van der Waals surface area contributed by atoms with Crippen LogP contribution in [-0.2, 0) is 6.42 Å². The zero-order valence-electron chi connectivity index (χ0n) is 10.1. The van der Waals surface area contributed by atoms with E-state index in [-0.39, 0.29) is 0 Å². The number of aromatic amines is 1. The van der Waals surface area contributed by atoms with Crippen LogP contribution in [0.25, 0.3) is 11.2 Å². The molecule has 0 aliphatic rings. The van der Waals surface area contributed by atoms with E-state index in [4.69, 9.17) is 5.73 Å². The van der Waals surface area contributed by atoms with Crippen molar-refractivity contribution >= 4 is 22.9 Å². The molecule has 3 aromatic rings. The van der Waals surface area contributed by atoms with Gasteiger partial charge in [-0.05, 0) is 36.4 Å². The number of hydrogen-bond acceptors (Lipinski definition) is 6. The molecule has 0 bridgehead atoms. The molecular formula is C12H12N6S. The van der Waals surface area contributed by atoms with E-state index in [0.29, 0.717) is 12.2 Å². The van der Waals surface area contributed by atoms with Crippen LogP contribution in [0.4, 0.5) is 0 Å². The van der Waals surface area contributed by atoms with Crippen LogP contribution >= 0.6 is 11.8 Å². The molecule has 0 fully saturated rings. The molecular weight excluding hydrogens is 260 g/mol. The number of fused-ring (bicyclic) bond motifs is 1. The third-order valence-corrected chi connectivity index (χ3v) is 3.71. The number of aromatic nitrogens is 5. The third-order valence-electron chi connectivity index (χ3n) is 2.65. The predicted molar refractivity (Wildman–Crippen MR) is 72.8 cm³/mol. The summed E-state index contributed by atoms with van der Waals surface area (Å²) in [5.41, 5.74) is 8.24. The van der Waals surface area contributed by atoms with E-state index in [1.165, 1.54) is 18.1 Å². The summed E-state index contributed by atoms with van der Waals surface area (Å²) in [6.07, 6.45) is 5.70. The van der Waals surface area contributed by atoms with E-state index in [2.05, 4.69) is 24.9 Å². The van der Waals surface area contributed by atoms with Crippen molar-refractivity contribution in [2.45, 2.75) is 16.5 Å². The van der Waals surface area contributed by atoms with Gasteiger partial charge in [0.2, 0.25) is 0 Å². The first-order chi connectivity index (χ1) is 9.38. The van der Waals surface area contributed by atoms with E-state index in [9.17, 15) is 0 Å². The number of nitrogens with zero attached hydrogens (tertiary/aromatic N) is 4. The minimum absolute atomic E-state index is 0.600. The zero-order valence-corrected chi connectivity index (χ0v) is 10.9. The molecule has 19 heavy (non-hydrogen) atoms.